The van der Waals surface area contributed by atoms with Crippen molar-refractivity contribution in [3.05, 3.63) is 0 Å². The maximum atomic E-state index is 10.8. The summed E-state index contributed by atoms with van der Waals surface area (Å²) < 4.78 is 0. The van der Waals surface area contributed by atoms with Crippen LogP contribution in [-0.4, -0.2) is 16.2 Å². The molecule has 0 aromatic heterocycles. The van der Waals surface area contributed by atoms with E-state index in [1.165, 1.54) is 0 Å². The molecule has 70 valence electrons. The lowest BCUT2D eigenvalue weighted by molar-refractivity contribution is -0.139. The Kier molecular flexibility index (Phi) is 5.80. The molecule has 0 amide bonds. The van der Waals surface area contributed by atoms with Crippen molar-refractivity contribution >= 4 is 23.7 Å². The number of hydrogen-bond donors (Lipinski definition) is 2. The van der Waals surface area contributed by atoms with Crippen LogP contribution in [0.2, 0.25) is 0 Å². The lowest BCUT2D eigenvalue weighted by Gasteiger charge is -2.08. The predicted octanol–water partition coefficient (Wildman–Crippen LogP) is 1.72. The maximum absolute atomic E-state index is 10.8. The Morgan fingerprint density at radius 2 is 2.08 bits per heavy atom. The molecule has 0 saturated heterocycles. The van der Waals surface area contributed by atoms with Gasteiger partial charge in [0.2, 0.25) is 0 Å². The van der Waals surface area contributed by atoms with Gasteiger partial charge >= 0.3 is 5.97 Å². The number of aliphatic carboxylic acids is 1. The monoisotopic (exact) mass is 190 g/mol. The van der Waals surface area contributed by atoms with Gasteiger partial charge < -0.3 is 5.11 Å². The normalized spacial score (nSPS) is 12.5. The fourth-order valence-electron chi connectivity index (χ4n) is 0.974. The molecule has 0 saturated carbocycles. The van der Waals surface area contributed by atoms with Crippen molar-refractivity contribution in [2.45, 2.75) is 32.6 Å². The number of thiol groups is 1. The van der Waals surface area contributed by atoms with Crippen LogP contribution in [-0.2, 0) is 9.59 Å². The van der Waals surface area contributed by atoms with Crippen LogP contribution in [0.15, 0.2) is 0 Å². The fourth-order valence-corrected chi connectivity index (χ4v) is 1.19. The first-order valence-electron chi connectivity index (χ1n) is 4.02. The molecule has 4 heteroatoms. The van der Waals surface area contributed by atoms with E-state index in [1.54, 1.807) is 0 Å². The quantitative estimate of drug-likeness (QED) is 0.627. The lowest BCUT2D eigenvalue weighted by Crippen LogP contribution is -2.13. The molecule has 0 radical (unpaired) electrons. The van der Waals surface area contributed by atoms with Gasteiger partial charge in [0, 0.05) is 5.92 Å². The highest BCUT2D eigenvalue weighted by Gasteiger charge is 2.17. The van der Waals surface area contributed by atoms with Gasteiger partial charge in [-0.15, -0.1) is 12.6 Å². The zero-order valence-electron chi connectivity index (χ0n) is 7.12. The van der Waals surface area contributed by atoms with E-state index >= 15 is 0 Å². The second kappa shape index (κ2) is 6.06. The van der Waals surface area contributed by atoms with Gasteiger partial charge in [-0.3, -0.25) is 9.59 Å². The molecule has 12 heavy (non-hydrogen) atoms. The van der Waals surface area contributed by atoms with Gasteiger partial charge in [-0.25, -0.2) is 0 Å². The van der Waals surface area contributed by atoms with Gasteiger partial charge in [0.05, 0.1) is 6.42 Å². The van der Waals surface area contributed by atoms with E-state index in [0.29, 0.717) is 6.42 Å². The predicted molar refractivity (Wildman–Crippen MR) is 49.3 cm³/mol. The molecule has 0 aromatic rings. The second-order valence-corrected chi connectivity index (χ2v) is 3.22. The summed E-state index contributed by atoms with van der Waals surface area (Å²) in [5.74, 6) is -1.34. The molecule has 0 bridgehead atoms. The number of carboxylic acid groups (broad SMARTS) is 1. The van der Waals surface area contributed by atoms with Crippen LogP contribution in [0.25, 0.3) is 0 Å². The molecule has 0 spiro atoms. The van der Waals surface area contributed by atoms with E-state index in [1.807, 2.05) is 6.92 Å². The van der Waals surface area contributed by atoms with Crippen molar-refractivity contribution in [1.29, 1.82) is 0 Å². The molecule has 0 fully saturated rings. The Morgan fingerprint density at radius 1 is 1.50 bits per heavy atom. The Hall–Kier alpha value is -0.510. The van der Waals surface area contributed by atoms with E-state index in [0.717, 1.165) is 12.8 Å². The summed E-state index contributed by atoms with van der Waals surface area (Å²) in [6.45, 7) is 2.00. The summed E-state index contributed by atoms with van der Waals surface area (Å²) in [4.78, 5) is 21.1. The van der Waals surface area contributed by atoms with Gasteiger partial charge in [-0.2, -0.15) is 0 Å². The Balaban J connectivity index is 3.87. The van der Waals surface area contributed by atoms with E-state index in [-0.39, 0.29) is 11.5 Å². The van der Waals surface area contributed by atoms with Crippen LogP contribution >= 0.6 is 12.6 Å². The smallest absolute Gasteiger partial charge is 0.304 e. The summed E-state index contributed by atoms with van der Waals surface area (Å²) in [5, 5.41) is 8.13. The molecule has 3 nitrogen and oxygen atoms in total. The first kappa shape index (κ1) is 11.5. The van der Waals surface area contributed by atoms with Crippen molar-refractivity contribution in [2.75, 3.05) is 0 Å². The number of hydrogen-bond acceptors (Lipinski definition) is 2. The first-order chi connectivity index (χ1) is 5.57. The minimum Gasteiger partial charge on any atom is -0.481 e. The van der Waals surface area contributed by atoms with E-state index in [9.17, 15) is 9.59 Å². The number of unbranched alkanes of at least 4 members (excludes halogenated alkanes) is 1. The average Bonchev–Trinajstić information content (AvgIpc) is 1.96. The maximum Gasteiger partial charge on any atom is 0.304 e. The number of carboxylic acids is 1. The molecule has 1 N–H and O–H groups in total. The molecule has 1 atom stereocenters. The topological polar surface area (TPSA) is 54.4 Å². The van der Waals surface area contributed by atoms with E-state index in [4.69, 9.17) is 5.11 Å². The molecule has 0 aliphatic heterocycles. The fraction of sp³-hybridized carbons (Fsp3) is 0.750. The molecular formula is C8H14O3S. The minimum absolute atomic E-state index is 0.0949. The minimum atomic E-state index is -0.932. The summed E-state index contributed by atoms with van der Waals surface area (Å²) in [7, 11) is 0. The zero-order valence-corrected chi connectivity index (χ0v) is 8.01. The van der Waals surface area contributed by atoms with Gasteiger partial charge in [-0.05, 0) is 6.42 Å². The molecular weight excluding hydrogens is 176 g/mol. The Morgan fingerprint density at radius 3 is 2.42 bits per heavy atom. The highest BCUT2D eigenvalue weighted by atomic mass is 32.1. The van der Waals surface area contributed by atoms with Gasteiger partial charge in [0.25, 0.3) is 0 Å². The molecule has 1 unspecified atom stereocenters. The van der Waals surface area contributed by atoms with Crippen molar-refractivity contribution in [2.24, 2.45) is 5.92 Å². The third-order valence-corrected chi connectivity index (χ3v) is 2.04. The van der Waals surface area contributed by atoms with Crippen molar-refractivity contribution in [3.8, 4) is 0 Å². The first-order valence-corrected chi connectivity index (χ1v) is 4.47. The number of carbonyl (C=O) groups excluding carboxylic acids is 1. The van der Waals surface area contributed by atoms with Crippen molar-refractivity contribution in [1.82, 2.24) is 0 Å². The summed E-state index contributed by atoms with van der Waals surface area (Å²) in [6.07, 6.45) is 2.38. The summed E-state index contributed by atoms with van der Waals surface area (Å²) in [5.41, 5.74) is 0. The Labute approximate surface area is 77.6 Å². The number of carbonyl (C=O) groups is 2. The summed E-state index contributed by atoms with van der Waals surface area (Å²) in [6, 6.07) is 0. The summed E-state index contributed by atoms with van der Waals surface area (Å²) >= 11 is 3.64. The van der Waals surface area contributed by atoms with Crippen LogP contribution < -0.4 is 0 Å². The molecule has 0 aromatic carbocycles. The second-order valence-electron chi connectivity index (χ2n) is 2.78. The van der Waals surface area contributed by atoms with Crippen molar-refractivity contribution in [3.63, 3.8) is 0 Å². The van der Waals surface area contributed by atoms with Gasteiger partial charge in [0.1, 0.15) is 0 Å². The van der Waals surface area contributed by atoms with Gasteiger partial charge in [-0.1, -0.05) is 19.8 Å². The van der Waals surface area contributed by atoms with Crippen LogP contribution in [0.3, 0.4) is 0 Å². The largest absolute Gasteiger partial charge is 0.481 e. The third-order valence-electron chi connectivity index (χ3n) is 1.68. The van der Waals surface area contributed by atoms with Crippen LogP contribution in [0.5, 0.6) is 0 Å². The highest BCUT2D eigenvalue weighted by Crippen LogP contribution is 2.15. The number of rotatable bonds is 6. The highest BCUT2D eigenvalue weighted by molar-refractivity contribution is 7.96. The van der Waals surface area contributed by atoms with E-state index < -0.39 is 11.9 Å². The zero-order chi connectivity index (χ0) is 9.56. The van der Waals surface area contributed by atoms with E-state index in [2.05, 4.69) is 12.6 Å². The molecule has 0 aliphatic rings. The molecule has 0 heterocycles. The lowest BCUT2D eigenvalue weighted by atomic mass is 10.0. The molecule has 0 rings (SSSR count). The standard InChI is InChI=1S/C8H14O3S/c1-2-3-4-6(8(11)12)5-7(9)10/h6H,2-5H2,1H3,(H,9,10)(H,11,12). The van der Waals surface area contributed by atoms with Crippen LogP contribution in [0.1, 0.15) is 32.6 Å². The van der Waals surface area contributed by atoms with Crippen LogP contribution in [0.4, 0.5) is 0 Å². The third kappa shape index (κ3) is 5.18. The Bertz CT molecular complexity index is 168. The molecule has 0 aliphatic carbocycles. The van der Waals surface area contributed by atoms with Crippen LogP contribution in [0, 0.1) is 5.92 Å². The SMILES string of the molecule is CCCCC(CC(=O)O)C(=O)S. The average molecular weight is 190 g/mol. The van der Waals surface area contributed by atoms with Crippen molar-refractivity contribution < 1.29 is 14.7 Å². The van der Waals surface area contributed by atoms with Gasteiger partial charge in [0.15, 0.2) is 5.12 Å².